The molecule has 0 radical (unpaired) electrons. The van der Waals surface area contributed by atoms with Crippen LogP contribution < -0.4 is 11.1 Å². The maximum Gasteiger partial charge on any atom is 0.261 e. The number of carbonyl (C=O) groups is 2. The van der Waals surface area contributed by atoms with E-state index in [-0.39, 0.29) is 30.3 Å². The number of hydrogen-bond acceptors (Lipinski definition) is 4. The van der Waals surface area contributed by atoms with Gasteiger partial charge in [0.05, 0.1) is 4.88 Å². The Morgan fingerprint density at radius 2 is 1.96 bits per heavy atom. The first kappa shape index (κ1) is 20.4. The average Bonchev–Trinajstić information content (AvgIpc) is 3.21. The van der Waals surface area contributed by atoms with Crippen LogP contribution in [0, 0.1) is 0 Å². The Kier molecular flexibility index (Phi) is 7.63. The van der Waals surface area contributed by atoms with E-state index < -0.39 is 0 Å². The minimum absolute atomic E-state index is 0. The Bertz CT molecular complexity index is 719. The molecule has 1 saturated heterocycles. The van der Waals surface area contributed by atoms with E-state index in [0.29, 0.717) is 23.5 Å². The summed E-state index contributed by atoms with van der Waals surface area (Å²) in [4.78, 5) is 27.3. The number of hydrogen-bond donors (Lipinski definition) is 2. The third-order valence-corrected chi connectivity index (χ3v) is 5.43. The van der Waals surface area contributed by atoms with Crippen molar-refractivity contribution in [3.8, 4) is 0 Å². The molecule has 0 spiro atoms. The van der Waals surface area contributed by atoms with E-state index in [0.717, 1.165) is 31.4 Å². The molecule has 1 aliphatic rings. The van der Waals surface area contributed by atoms with Gasteiger partial charge in [-0.1, -0.05) is 18.2 Å². The Morgan fingerprint density at radius 3 is 2.62 bits per heavy atom. The second-order valence-electron chi connectivity index (χ2n) is 6.24. The number of nitrogens with zero attached hydrogens (tertiary/aromatic N) is 1. The normalized spacial score (nSPS) is 16.7. The number of rotatable bonds is 5. The molecule has 1 atom stereocenters. The van der Waals surface area contributed by atoms with Gasteiger partial charge in [0.1, 0.15) is 0 Å². The Balaban J connectivity index is 0.00000243. The highest BCUT2D eigenvalue weighted by atomic mass is 35.5. The van der Waals surface area contributed by atoms with E-state index in [4.69, 9.17) is 5.73 Å². The van der Waals surface area contributed by atoms with E-state index in [9.17, 15) is 9.59 Å². The van der Waals surface area contributed by atoms with Crippen LogP contribution in [-0.2, 0) is 6.54 Å². The fourth-order valence-corrected chi connectivity index (χ4v) is 3.76. The van der Waals surface area contributed by atoms with Gasteiger partial charge in [0, 0.05) is 31.2 Å². The molecule has 2 aromatic rings. The molecule has 3 N–H and O–H groups in total. The van der Waals surface area contributed by atoms with Crippen molar-refractivity contribution in [2.45, 2.75) is 31.8 Å². The summed E-state index contributed by atoms with van der Waals surface area (Å²) in [5.74, 6) is -0.0291. The van der Waals surface area contributed by atoms with Crippen LogP contribution >= 0.6 is 23.7 Å². The summed E-state index contributed by atoms with van der Waals surface area (Å²) in [6.45, 7) is 1.73. The summed E-state index contributed by atoms with van der Waals surface area (Å²) >= 11 is 1.42. The number of piperidine rings is 1. The van der Waals surface area contributed by atoms with Crippen molar-refractivity contribution in [1.29, 1.82) is 0 Å². The summed E-state index contributed by atoms with van der Waals surface area (Å²) in [6.07, 6.45) is 3.15. The van der Waals surface area contributed by atoms with Crippen molar-refractivity contribution in [3.05, 3.63) is 57.8 Å². The summed E-state index contributed by atoms with van der Waals surface area (Å²) in [6, 6.07) is 11.2. The van der Waals surface area contributed by atoms with Gasteiger partial charge in [0.2, 0.25) is 0 Å². The zero-order valence-corrected chi connectivity index (χ0v) is 16.2. The fraction of sp³-hybridized carbons (Fsp3) is 0.368. The molecule has 1 unspecified atom stereocenters. The van der Waals surface area contributed by atoms with Gasteiger partial charge in [-0.05, 0) is 48.4 Å². The summed E-state index contributed by atoms with van der Waals surface area (Å²) in [5, 5.41) is 4.77. The lowest BCUT2D eigenvalue weighted by Crippen LogP contribution is -2.47. The predicted octanol–water partition coefficient (Wildman–Crippen LogP) is 3.05. The maximum absolute atomic E-state index is 12.7. The molecular formula is C19H24ClN3O2S. The van der Waals surface area contributed by atoms with Crippen LogP contribution in [0.1, 0.15) is 44.9 Å². The number of nitrogens with two attached hydrogens (primary N) is 1. The summed E-state index contributed by atoms with van der Waals surface area (Å²) in [5.41, 5.74) is 7.45. The molecule has 26 heavy (non-hydrogen) atoms. The first-order valence-electron chi connectivity index (χ1n) is 8.60. The van der Waals surface area contributed by atoms with E-state index in [1.807, 2.05) is 40.6 Å². The van der Waals surface area contributed by atoms with Gasteiger partial charge in [-0.2, -0.15) is 0 Å². The first-order chi connectivity index (χ1) is 12.2. The van der Waals surface area contributed by atoms with Gasteiger partial charge in [-0.3, -0.25) is 9.59 Å². The van der Waals surface area contributed by atoms with Crippen molar-refractivity contribution >= 4 is 35.6 Å². The van der Waals surface area contributed by atoms with Crippen LogP contribution in [0.3, 0.4) is 0 Å². The Labute approximate surface area is 164 Å². The smallest absolute Gasteiger partial charge is 0.261 e. The quantitative estimate of drug-likeness (QED) is 0.819. The number of carbonyl (C=O) groups excluding carboxylic acids is 2. The number of halogens is 1. The molecule has 5 nitrogen and oxygen atoms in total. The largest absolute Gasteiger partial charge is 0.347 e. The third kappa shape index (κ3) is 4.84. The van der Waals surface area contributed by atoms with E-state index >= 15 is 0 Å². The molecule has 0 bridgehead atoms. The van der Waals surface area contributed by atoms with Gasteiger partial charge in [-0.25, -0.2) is 0 Å². The maximum atomic E-state index is 12.7. The number of amides is 2. The van der Waals surface area contributed by atoms with Gasteiger partial charge in [0.25, 0.3) is 11.8 Å². The van der Waals surface area contributed by atoms with Crippen molar-refractivity contribution in [1.82, 2.24) is 10.2 Å². The molecule has 140 valence electrons. The van der Waals surface area contributed by atoms with Crippen molar-refractivity contribution in [2.75, 3.05) is 13.1 Å². The molecule has 1 aliphatic heterocycles. The predicted molar refractivity (Wildman–Crippen MR) is 107 cm³/mol. The van der Waals surface area contributed by atoms with Gasteiger partial charge in [-0.15, -0.1) is 23.7 Å². The van der Waals surface area contributed by atoms with Crippen molar-refractivity contribution in [3.63, 3.8) is 0 Å². The second-order valence-corrected chi connectivity index (χ2v) is 7.19. The molecular weight excluding hydrogens is 370 g/mol. The zero-order chi connectivity index (χ0) is 17.6. The van der Waals surface area contributed by atoms with Crippen LogP contribution in [0.25, 0.3) is 0 Å². The molecule has 2 heterocycles. The topological polar surface area (TPSA) is 75.4 Å². The van der Waals surface area contributed by atoms with Crippen LogP contribution in [-0.4, -0.2) is 35.8 Å². The minimum Gasteiger partial charge on any atom is -0.347 e. The molecule has 7 heteroatoms. The molecule has 2 amide bonds. The Hall–Kier alpha value is -1.89. The highest BCUT2D eigenvalue weighted by Crippen LogP contribution is 2.19. The number of benzene rings is 1. The van der Waals surface area contributed by atoms with Crippen LogP contribution in [0.4, 0.5) is 0 Å². The summed E-state index contributed by atoms with van der Waals surface area (Å²) < 4.78 is 0. The van der Waals surface area contributed by atoms with Gasteiger partial charge >= 0.3 is 0 Å². The molecule has 1 aromatic carbocycles. The number of nitrogens with one attached hydrogen (secondary N) is 1. The second kappa shape index (κ2) is 9.71. The van der Waals surface area contributed by atoms with Crippen LogP contribution in [0.15, 0.2) is 41.8 Å². The van der Waals surface area contributed by atoms with Crippen molar-refractivity contribution < 1.29 is 9.59 Å². The lowest BCUT2D eigenvalue weighted by atomic mass is 10.0. The summed E-state index contributed by atoms with van der Waals surface area (Å²) in [7, 11) is 0. The lowest BCUT2D eigenvalue weighted by Gasteiger charge is -2.35. The molecule has 0 saturated carbocycles. The van der Waals surface area contributed by atoms with Gasteiger partial charge < -0.3 is 16.0 Å². The van der Waals surface area contributed by atoms with E-state index in [1.165, 1.54) is 11.3 Å². The van der Waals surface area contributed by atoms with Gasteiger partial charge in [0.15, 0.2) is 0 Å². The Morgan fingerprint density at radius 1 is 1.19 bits per heavy atom. The first-order valence-corrected chi connectivity index (χ1v) is 9.48. The standard InChI is InChI=1S/C19H23N3O2S.ClH/c20-12-16-4-1-2-10-22(16)19(24)15-8-6-14(7-9-15)13-21-18(23)17-5-3-11-25-17;/h3,5-9,11,16H,1-2,4,10,12-13,20H2,(H,21,23);1H. The van der Waals surface area contributed by atoms with E-state index in [1.54, 1.807) is 6.07 Å². The van der Waals surface area contributed by atoms with Crippen LogP contribution in [0.5, 0.6) is 0 Å². The molecule has 0 aliphatic carbocycles. The fourth-order valence-electron chi connectivity index (χ4n) is 3.12. The minimum atomic E-state index is -0.0748. The van der Waals surface area contributed by atoms with Crippen molar-refractivity contribution in [2.24, 2.45) is 5.73 Å². The zero-order valence-electron chi connectivity index (χ0n) is 14.5. The SMILES string of the molecule is Cl.NCC1CCCCN1C(=O)c1ccc(CNC(=O)c2cccs2)cc1. The van der Waals surface area contributed by atoms with Crippen LogP contribution in [0.2, 0.25) is 0 Å². The molecule has 3 rings (SSSR count). The molecule has 1 fully saturated rings. The molecule has 1 aromatic heterocycles. The lowest BCUT2D eigenvalue weighted by molar-refractivity contribution is 0.0623. The average molecular weight is 394 g/mol. The number of likely N-dealkylation sites (tertiary alicyclic amines) is 1. The monoisotopic (exact) mass is 393 g/mol. The highest BCUT2D eigenvalue weighted by Gasteiger charge is 2.26. The number of thiophene rings is 1. The van der Waals surface area contributed by atoms with E-state index in [2.05, 4.69) is 5.32 Å². The highest BCUT2D eigenvalue weighted by molar-refractivity contribution is 7.12. The third-order valence-electron chi connectivity index (χ3n) is 4.56.